The standard InChI is InChI=1S/C18H18N6O3.2ClH/c1-10-7-12(21-15-14(10)16(25)23-18(27)22-15)17(26)24-6-5-20-9-13(24)11-3-2-4-19-8-11;;/h2-4,7-8,13,20H,5-6,9H2,1H3,(H2,21,22,23,25,27);2*1H. The summed E-state index contributed by atoms with van der Waals surface area (Å²) in [4.78, 5) is 51.6. The molecular weight excluding hydrogens is 419 g/mol. The number of fused-ring (bicyclic) bond motifs is 1. The van der Waals surface area contributed by atoms with E-state index >= 15 is 0 Å². The predicted octanol–water partition coefficient (Wildman–Crippen LogP) is 0.945. The lowest BCUT2D eigenvalue weighted by Crippen LogP contribution is -2.49. The summed E-state index contributed by atoms with van der Waals surface area (Å²) >= 11 is 0. The molecule has 3 aromatic rings. The summed E-state index contributed by atoms with van der Waals surface area (Å²) in [6, 6.07) is 5.18. The molecule has 1 saturated heterocycles. The number of H-pyrrole nitrogens is 2. The summed E-state index contributed by atoms with van der Waals surface area (Å²) in [6.45, 7) is 3.51. The summed E-state index contributed by atoms with van der Waals surface area (Å²) in [6.07, 6.45) is 3.43. The van der Waals surface area contributed by atoms with Crippen molar-refractivity contribution < 1.29 is 4.79 Å². The van der Waals surface area contributed by atoms with Crippen LogP contribution < -0.4 is 16.6 Å². The van der Waals surface area contributed by atoms with Crippen molar-refractivity contribution in [1.82, 2.24) is 30.2 Å². The monoisotopic (exact) mass is 438 g/mol. The number of hydrogen-bond donors (Lipinski definition) is 3. The number of rotatable bonds is 2. The van der Waals surface area contributed by atoms with Gasteiger partial charge in [-0.15, -0.1) is 24.8 Å². The second kappa shape index (κ2) is 9.17. The fraction of sp³-hybridized carbons (Fsp3) is 0.278. The van der Waals surface area contributed by atoms with Crippen molar-refractivity contribution in [2.45, 2.75) is 13.0 Å². The molecule has 4 heterocycles. The van der Waals surface area contributed by atoms with Gasteiger partial charge >= 0.3 is 5.69 Å². The zero-order valence-corrected chi connectivity index (χ0v) is 17.1. The van der Waals surface area contributed by atoms with Crippen LogP contribution in [-0.4, -0.2) is 50.4 Å². The molecule has 1 amide bonds. The maximum absolute atomic E-state index is 13.2. The topological polar surface area (TPSA) is 124 Å². The molecule has 154 valence electrons. The van der Waals surface area contributed by atoms with Crippen LogP contribution in [0.25, 0.3) is 11.0 Å². The van der Waals surface area contributed by atoms with E-state index in [1.54, 1.807) is 30.3 Å². The van der Waals surface area contributed by atoms with Crippen LogP contribution in [0.15, 0.2) is 40.2 Å². The molecule has 4 rings (SSSR count). The molecule has 1 atom stereocenters. The van der Waals surface area contributed by atoms with Crippen LogP contribution in [0.5, 0.6) is 0 Å². The number of aryl methyl sites for hydroxylation is 1. The Morgan fingerprint density at radius 3 is 2.76 bits per heavy atom. The van der Waals surface area contributed by atoms with E-state index in [4.69, 9.17) is 0 Å². The predicted molar refractivity (Wildman–Crippen MR) is 113 cm³/mol. The minimum atomic E-state index is -0.653. The fourth-order valence-electron chi connectivity index (χ4n) is 3.43. The first-order valence-electron chi connectivity index (χ1n) is 8.60. The smallest absolute Gasteiger partial charge is 0.327 e. The Hall–Kier alpha value is -2.75. The van der Waals surface area contributed by atoms with E-state index in [1.165, 1.54) is 0 Å². The van der Waals surface area contributed by atoms with E-state index < -0.39 is 11.2 Å². The number of piperazine rings is 1. The lowest BCUT2D eigenvalue weighted by atomic mass is 10.0. The first-order chi connectivity index (χ1) is 13.0. The Balaban J connectivity index is 0.00000150. The first kappa shape index (κ1) is 22.5. The van der Waals surface area contributed by atoms with Crippen LogP contribution in [0.2, 0.25) is 0 Å². The van der Waals surface area contributed by atoms with Gasteiger partial charge in [-0.05, 0) is 30.2 Å². The highest BCUT2D eigenvalue weighted by Gasteiger charge is 2.30. The maximum atomic E-state index is 13.2. The average Bonchev–Trinajstić information content (AvgIpc) is 2.67. The van der Waals surface area contributed by atoms with Crippen LogP contribution >= 0.6 is 24.8 Å². The van der Waals surface area contributed by atoms with Gasteiger partial charge in [0, 0.05) is 32.0 Å². The van der Waals surface area contributed by atoms with Crippen molar-refractivity contribution in [3.63, 3.8) is 0 Å². The molecule has 9 nitrogen and oxygen atoms in total. The number of nitrogens with one attached hydrogen (secondary N) is 3. The van der Waals surface area contributed by atoms with Crippen molar-refractivity contribution in [3.05, 3.63) is 68.3 Å². The van der Waals surface area contributed by atoms with E-state index in [1.807, 2.05) is 12.1 Å². The summed E-state index contributed by atoms with van der Waals surface area (Å²) < 4.78 is 0. The summed E-state index contributed by atoms with van der Waals surface area (Å²) in [7, 11) is 0. The van der Waals surface area contributed by atoms with Crippen LogP contribution in [0.3, 0.4) is 0 Å². The van der Waals surface area contributed by atoms with E-state index in [2.05, 4.69) is 25.3 Å². The van der Waals surface area contributed by atoms with E-state index in [-0.39, 0.29) is 53.5 Å². The van der Waals surface area contributed by atoms with Gasteiger partial charge in [-0.25, -0.2) is 9.78 Å². The van der Waals surface area contributed by atoms with E-state index in [9.17, 15) is 14.4 Å². The van der Waals surface area contributed by atoms with Gasteiger partial charge in [0.1, 0.15) is 11.3 Å². The van der Waals surface area contributed by atoms with Crippen molar-refractivity contribution in [2.75, 3.05) is 19.6 Å². The molecule has 3 N–H and O–H groups in total. The van der Waals surface area contributed by atoms with Crippen molar-refractivity contribution in [1.29, 1.82) is 0 Å². The SMILES string of the molecule is Cc1cc(C(=O)N2CCNCC2c2cccnc2)nc2[nH]c(=O)[nH]c(=O)c12.Cl.Cl. The van der Waals surface area contributed by atoms with Gasteiger partial charge in [-0.3, -0.25) is 24.5 Å². The number of aromatic nitrogens is 4. The molecule has 0 radical (unpaired) electrons. The molecule has 0 aromatic carbocycles. The summed E-state index contributed by atoms with van der Waals surface area (Å²) in [5.41, 5.74) is 0.638. The maximum Gasteiger partial charge on any atom is 0.327 e. The second-order valence-electron chi connectivity index (χ2n) is 6.46. The zero-order chi connectivity index (χ0) is 19.0. The number of nitrogens with zero attached hydrogens (tertiary/aromatic N) is 3. The summed E-state index contributed by atoms with van der Waals surface area (Å²) in [5, 5.41) is 3.56. The molecule has 1 fully saturated rings. The molecule has 29 heavy (non-hydrogen) atoms. The number of amides is 1. The molecule has 3 aromatic heterocycles. The third kappa shape index (κ3) is 4.31. The minimum absolute atomic E-state index is 0. The van der Waals surface area contributed by atoms with Gasteiger partial charge < -0.3 is 10.2 Å². The molecule has 0 aliphatic carbocycles. The van der Waals surface area contributed by atoms with Crippen molar-refractivity contribution in [2.24, 2.45) is 0 Å². The van der Waals surface area contributed by atoms with Gasteiger partial charge in [0.25, 0.3) is 11.5 Å². The van der Waals surface area contributed by atoms with Crippen LogP contribution in [0.1, 0.15) is 27.7 Å². The lowest BCUT2D eigenvalue weighted by molar-refractivity contribution is 0.0628. The van der Waals surface area contributed by atoms with Crippen LogP contribution in [-0.2, 0) is 0 Å². The van der Waals surface area contributed by atoms with Crippen LogP contribution in [0, 0.1) is 6.92 Å². The number of aromatic amines is 2. The lowest BCUT2D eigenvalue weighted by Gasteiger charge is -2.36. The van der Waals surface area contributed by atoms with Gasteiger partial charge in [0.05, 0.1) is 11.4 Å². The highest BCUT2D eigenvalue weighted by atomic mass is 35.5. The summed E-state index contributed by atoms with van der Waals surface area (Å²) in [5.74, 6) is -0.253. The van der Waals surface area contributed by atoms with Crippen LogP contribution in [0.4, 0.5) is 0 Å². The number of carbonyl (C=O) groups excluding carboxylic acids is 1. The first-order valence-corrected chi connectivity index (χ1v) is 8.60. The van der Waals surface area contributed by atoms with Gasteiger partial charge in [0.15, 0.2) is 0 Å². The zero-order valence-electron chi connectivity index (χ0n) is 15.5. The Labute approximate surface area is 177 Å². The van der Waals surface area contributed by atoms with Gasteiger partial charge in [0.2, 0.25) is 0 Å². The normalized spacial score (nSPS) is 16.0. The molecular formula is C18H20Cl2N6O3. The molecule has 0 saturated carbocycles. The van der Waals surface area contributed by atoms with E-state index in [0.717, 1.165) is 5.56 Å². The highest BCUT2D eigenvalue weighted by molar-refractivity contribution is 5.95. The third-order valence-corrected chi connectivity index (χ3v) is 4.70. The fourth-order valence-corrected chi connectivity index (χ4v) is 3.43. The molecule has 1 unspecified atom stereocenters. The Kier molecular flexibility index (Phi) is 7.12. The second-order valence-corrected chi connectivity index (χ2v) is 6.46. The number of hydrogen-bond acceptors (Lipinski definition) is 6. The Morgan fingerprint density at radius 2 is 2.03 bits per heavy atom. The quantitative estimate of drug-likeness (QED) is 0.546. The number of pyridine rings is 2. The van der Waals surface area contributed by atoms with Gasteiger partial charge in [-0.1, -0.05) is 6.07 Å². The third-order valence-electron chi connectivity index (χ3n) is 4.70. The van der Waals surface area contributed by atoms with Gasteiger partial charge in [-0.2, -0.15) is 0 Å². The number of halogens is 2. The molecule has 11 heteroatoms. The highest BCUT2D eigenvalue weighted by Crippen LogP contribution is 2.24. The average molecular weight is 439 g/mol. The molecule has 1 aliphatic rings. The molecule has 0 spiro atoms. The van der Waals surface area contributed by atoms with Crippen molar-refractivity contribution >= 4 is 41.8 Å². The minimum Gasteiger partial charge on any atom is -0.328 e. The largest absolute Gasteiger partial charge is 0.328 e. The molecule has 0 bridgehead atoms. The van der Waals surface area contributed by atoms with Crippen molar-refractivity contribution in [3.8, 4) is 0 Å². The molecule has 1 aliphatic heterocycles. The Bertz CT molecular complexity index is 1130. The number of carbonyl (C=O) groups is 1. The Morgan fingerprint density at radius 1 is 1.24 bits per heavy atom. The van der Waals surface area contributed by atoms with E-state index in [0.29, 0.717) is 25.2 Å².